The number of nitrogens with zero attached hydrogens (tertiary/aromatic N) is 1. The summed E-state index contributed by atoms with van der Waals surface area (Å²) in [6.07, 6.45) is 3.41. The molecule has 0 aromatic heterocycles. The van der Waals surface area contributed by atoms with Gasteiger partial charge in [0.1, 0.15) is 0 Å². The van der Waals surface area contributed by atoms with Crippen molar-refractivity contribution in [3.05, 3.63) is 0 Å². The molecule has 1 N–H and O–H groups in total. The lowest BCUT2D eigenvalue weighted by molar-refractivity contribution is -0.120. The fourth-order valence-corrected chi connectivity index (χ4v) is 3.40. The SMILES string of the molecule is O=C1C[C@@]2(CN1)CN1CCC2CC1. The van der Waals surface area contributed by atoms with E-state index in [2.05, 4.69) is 10.2 Å². The number of amides is 1. The summed E-state index contributed by atoms with van der Waals surface area (Å²) in [4.78, 5) is 13.8. The van der Waals surface area contributed by atoms with Crippen molar-refractivity contribution in [2.45, 2.75) is 19.3 Å². The fourth-order valence-electron chi connectivity index (χ4n) is 3.40. The first-order valence-corrected chi connectivity index (χ1v) is 5.28. The number of hydrogen-bond donors (Lipinski definition) is 1. The van der Waals surface area contributed by atoms with E-state index in [0.29, 0.717) is 5.41 Å². The van der Waals surface area contributed by atoms with Gasteiger partial charge in [0.05, 0.1) is 0 Å². The third kappa shape index (κ3) is 1.03. The van der Waals surface area contributed by atoms with Gasteiger partial charge < -0.3 is 10.2 Å². The van der Waals surface area contributed by atoms with Gasteiger partial charge in [-0.15, -0.1) is 0 Å². The molecule has 4 aliphatic heterocycles. The van der Waals surface area contributed by atoms with Crippen molar-refractivity contribution in [1.29, 1.82) is 0 Å². The van der Waals surface area contributed by atoms with Crippen LogP contribution in [0.5, 0.6) is 0 Å². The molecule has 0 aromatic carbocycles. The molecule has 0 radical (unpaired) electrons. The van der Waals surface area contributed by atoms with Gasteiger partial charge in [0.15, 0.2) is 0 Å². The molecule has 4 fully saturated rings. The van der Waals surface area contributed by atoms with Gasteiger partial charge in [-0.1, -0.05) is 0 Å². The quantitative estimate of drug-likeness (QED) is 0.578. The lowest BCUT2D eigenvalue weighted by Gasteiger charge is -2.51. The number of fused-ring (bicyclic) bond motifs is 2. The van der Waals surface area contributed by atoms with Crippen LogP contribution in [0.1, 0.15) is 19.3 Å². The molecule has 3 nitrogen and oxygen atoms in total. The van der Waals surface area contributed by atoms with Crippen LogP contribution in [0.4, 0.5) is 0 Å². The molecule has 2 bridgehead atoms. The van der Waals surface area contributed by atoms with Crippen LogP contribution in [0.15, 0.2) is 0 Å². The van der Waals surface area contributed by atoms with Gasteiger partial charge in [0, 0.05) is 24.9 Å². The second kappa shape index (κ2) is 2.47. The van der Waals surface area contributed by atoms with Crippen molar-refractivity contribution in [1.82, 2.24) is 10.2 Å². The van der Waals surface area contributed by atoms with Crippen LogP contribution in [0.3, 0.4) is 0 Å². The largest absolute Gasteiger partial charge is 0.355 e. The standard InChI is InChI=1S/C10H16N2O/c13-9-5-10(6-11-9)7-12-3-1-8(10)2-4-12/h8H,1-7H2,(H,11,13)/t10-/m1/s1. The third-order valence-corrected chi connectivity index (χ3v) is 4.14. The van der Waals surface area contributed by atoms with Crippen molar-refractivity contribution in [2.75, 3.05) is 26.2 Å². The summed E-state index contributed by atoms with van der Waals surface area (Å²) >= 11 is 0. The Balaban J connectivity index is 1.87. The van der Waals surface area contributed by atoms with Gasteiger partial charge >= 0.3 is 0 Å². The monoisotopic (exact) mass is 180 g/mol. The molecule has 72 valence electrons. The number of piperidine rings is 3. The molecule has 4 saturated heterocycles. The first-order valence-electron chi connectivity index (χ1n) is 5.28. The Bertz CT molecular complexity index is 245. The molecule has 13 heavy (non-hydrogen) atoms. The molecular formula is C10H16N2O. The molecule has 0 unspecified atom stereocenters. The Kier molecular flexibility index (Phi) is 1.48. The second-order valence-corrected chi connectivity index (χ2v) is 4.87. The maximum atomic E-state index is 11.3. The lowest BCUT2D eigenvalue weighted by Crippen LogP contribution is -2.55. The average molecular weight is 180 g/mol. The van der Waals surface area contributed by atoms with E-state index in [0.717, 1.165) is 25.4 Å². The zero-order valence-electron chi connectivity index (χ0n) is 7.88. The van der Waals surface area contributed by atoms with Crippen LogP contribution in [0.25, 0.3) is 0 Å². The van der Waals surface area contributed by atoms with Crippen LogP contribution < -0.4 is 5.32 Å². The Morgan fingerprint density at radius 2 is 2.15 bits per heavy atom. The number of rotatable bonds is 0. The van der Waals surface area contributed by atoms with Crippen LogP contribution in [-0.4, -0.2) is 37.0 Å². The highest BCUT2D eigenvalue weighted by Gasteiger charge is 2.50. The Morgan fingerprint density at radius 3 is 2.62 bits per heavy atom. The summed E-state index contributed by atoms with van der Waals surface area (Å²) in [6, 6.07) is 0. The van der Waals surface area contributed by atoms with Gasteiger partial charge in [-0.3, -0.25) is 4.79 Å². The molecule has 0 saturated carbocycles. The number of hydrogen-bond acceptors (Lipinski definition) is 2. The topological polar surface area (TPSA) is 32.3 Å². The van der Waals surface area contributed by atoms with Gasteiger partial charge in [-0.2, -0.15) is 0 Å². The van der Waals surface area contributed by atoms with Crippen LogP contribution in [0.2, 0.25) is 0 Å². The fraction of sp³-hybridized carbons (Fsp3) is 0.900. The van der Waals surface area contributed by atoms with E-state index in [1.807, 2.05) is 0 Å². The summed E-state index contributed by atoms with van der Waals surface area (Å²) < 4.78 is 0. The molecule has 1 atom stereocenters. The minimum absolute atomic E-state index is 0.272. The van der Waals surface area contributed by atoms with Crippen LogP contribution in [0, 0.1) is 11.3 Å². The molecule has 4 rings (SSSR count). The normalized spacial score (nSPS) is 48.5. The minimum Gasteiger partial charge on any atom is -0.355 e. The van der Waals surface area contributed by atoms with E-state index in [1.54, 1.807) is 0 Å². The molecule has 0 aromatic rings. The molecule has 0 aliphatic carbocycles. The molecular weight excluding hydrogens is 164 g/mol. The van der Waals surface area contributed by atoms with Crippen molar-refractivity contribution in [3.8, 4) is 0 Å². The molecule has 1 spiro atoms. The van der Waals surface area contributed by atoms with Gasteiger partial charge in [0.2, 0.25) is 5.91 Å². The number of carbonyl (C=O) groups excluding carboxylic acids is 1. The first-order chi connectivity index (χ1) is 6.28. The Morgan fingerprint density at radius 1 is 1.38 bits per heavy atom. The van der Waals surface area contributed by atoms with Gasteiger partial charge in [-0.05, 0) is 31.8 Å². The highest BCUT2D eigenvalue weighted by atomic mass is 16.1. The smallest absolute Gasteiger partial charge is 0.220 e. The van der Waals surface area contributed by atoms with Crippen molar-refractivity contribution in [3.63, 3.8) is 0 Å². The maximum absolute atomic E-state index is 11.3. The first kappa shape index (κ1) is 7.80. The zero-order valence-corrected chi connectivity index (χ0v) is 7.88. The van der Waals surface area contributed by atoms with Crippen LogP contribution >= 0.6 is 0 Å². The van der Waals surface area contributed by atoms with Crippen molar-refractivity contribution >= 4 is 5.91 Å². The van der Waals surface area contributed by atoms with Gasteiger partial charge in [0.25, 0.3) is 0 Å². The van der Waals surface area contributed by atoms with E-state index in [4.69, 9.17) is 0 Å². The van der Waals surface area contributed by atoms with Crippen LogP contribution in [-0.2, 0) is 4.79 Å². The predicted molar refractivity (Wildman–Crippen MR) is 49.2 cm³/mol. The summed E-state index contributed by atoms with van der Waals surface area (Å²) in [6.45, 7) is 4.63. The van der Waals surface area contributed by atoms with Gasteiger partial charge in [-0.25, -0.2) is 0 Å². The minimum atomic E-state index is 0.272. The Labute approximate surface area is 78.5 Å². The lowest BCUT2D eigenvalue weighted by atomic mass is 9.66. The van der Waals surface area contributed by atoms with Crippen molar-refractivity contribution < 1.29 is 4.79 Å². The maximum Gasteiger partial charge on any atom is 0.220 e. The molecule has 3 heteroatoms. The summed E-state index contributed by atoms with van der Waals surface area (Å²) in [5.41, 5.74) is 0.327. The molecule has 4 heterocycles. The van der Waals surface area contributed by atoms with E-state index in [9.17, 15) is 4.79 Å². The van der Waals surface area contributed by atoms with Crippen molar-refractivity contribution in [2.24, 2.45) is 11.3 Å². The summed E-state index contributed by atoms with van der Waals surface area (Å²) in [5.74, 6) is 1.09. The second-order valence-electron chi connectivity index (χ2n) is 4.87. The Hall–Kier alpha value is -0.570. The zero-order chi connectivity index (χ0) is 8.89. The van der Waals surface area contributed by atoms with E-state index >= 15 is 0 Å². The van der Waals surface area contributed by atoms with E-state index in [-0.39, 0.29) is 5.91 Å². The highest BCUT2D eigenvalue weighted by molar-refractivity contribution is 5.79. The van der Waals surface area contributed by atoms with E-state index < -0.39 is 0 Å². The average Bonchev–Trinajstić information content (AvgIpc) is 2.49. The highest BCUT2D eigenvalue weighted by Crippen LogP contribution is 2.45. The number of nitrogens with one attached hydrogen (secondary N) is 1. The summed E-state index contributed by atoms with van der Waals surface area (Å²) in [7, 11) is 0. The third-order valence-electron chi connectivity index (χ3n) is 4.14. The predicted octanol–water partition coefficient (Wildman–Crippen LogP) is 0.218. The molecule has 1 amide bonds. The molecule has 4 aliphatic rings. The van der Waals surface area contributed by atoms with E-state index in [1.165, 1.54) is 25.9 Å². The number of carbonyl (C=O) groups is 1. The summed E-state index contributed by atoms with van der Waals surface area (Å²) in [5, 5.41) is 3.00.